The van der Waals surface area contributed by atoms with Crippen LogP contribution in [0.1, 0.15) is 21.5 Å². The molecular weight excluding hydrogens is 514 g/mol. The molecule has 194 valence electrons. The lowest BCUT2D eigenvalue weighted by Gasteiger charge is -2.15. The smallest absolute Gasteiger partial charge is 0.280 e. The summed E-state index contributed by atoms with van der Waals surface area (Å²) in [6.07, 6.45) is 1.15. The normalized spacial score (nSPS) is 15.2. The van der Waals surface area contributed by atoms with Gasteiger partial charge in [-0.15, -0.1) is 0 Å². The number of nitrogens with zero attached hydrogens (tertiary/aromatic N) is 3. The Kier molecular flexibility index (Phi) is 7.81. The van der Waals surface area contributed by atoms with Gasteiger partial charge in [0.1, 0.15) is 37.2 Å². The van der Waals surface area contributed by atoms with Gasteiger partial charge in [-0.1, -0.05) is 17.7 Å². The minimum atomic E-state index is -0.926. The predicted molar refractivity (Wildman–Crippen MR) is 126 cm³/mol. The van der Waals surface area contributed by atoms with E-state index in [2.05, 4.69) is 10.3 Å². The number of halogens is 3. The highest BCUT2D eigenvalue weighted by Crippen LogP contribution is 2.22. The van der Waals surface area contributed by atoms with Crippen LogP contribution in [0.4, 0.5) is 8.78 Å². The van der Waals surface area contributed by atoms with E-state index in [-0.39, 0.29) is 48.4 Å². The van der Waals surface area contributed by atoms with Crippen LogP contribution in [0.15, 0.2) is 47.5 Å². The SMILES string of the molecule is Cc1ccc(C(=O)N[C@@H]2CON(CCO)C2=O)cc1-n1cnc(OCc2ccc(F)cc2F)c(Cl)c1=O. The number of aryl methyl sites for hydroxylation is 1. The number of carbonyl (C=O) groups excluding carboxylic acids is 2. The number of aliphatic hydroxyl groups is 1. The number of nitrogens with one attached hydrogen (secondary N) is 1. The van der Waals surface area contributed by atoms with E-state index in [9.17, 15) is 23.2 Å². The minimum absolute atomic E-state index is 0.0187. The Morgan fingerprint density at radius 1 is 1.27 bits per heavy atom. The molecule has 0 radical (unpaired) electrons. The number of amides is 2. The maximum Gasteiger partial charge on any atom is 0.280 e. The Balaban J connectivity index is 1.53. The van der Waals surface area contributed by atoms with Crippen molar-refractivity contribution in [2.24, 2.45) is 0 Å². The molecule has 0 bridgehead atoms. The van der Waals surface area contributed by atoms with Crippen LogP contribution in [0.3, 0.4) is 0 Å². The first kappa shape index (κ1) is 26.2. The van der Waals surface area contributed by atoms with Gasteiger partial charge in [0.25, 0.3) is 17.4 Å². The minimum Gasteiger partial charge on any atom is -0.471 e. The molecule has 4 rings (SSSR count). The molecule has 1 aromatic heterocycles. The quantitative estimate of drug-likeness (QED) is 0.452. The number of carbonyl (C=O) groups is 2. The number of β-amino-alcohol motifs (C(OH)–C–C–N with tert-alkyl or cyclic N) is 1. The molecule has 2 N–H and O–H groups in total. The number of aliphatic hydroxyl groups excluding tert-OH is 1. The second-order valence-corrected chi connectivity index (χ2v) is 8.43. The number of rotatable bonds is 8. The van der Waals surface area contributed by atoms with E-state index in [0.29, 0.717) is 17.3 Å². The monoisotopic (exact) mass is 534 g/mol. The molecule has 13 heteroatoms. The van der Waals surface area contributed by atoms with Crippen LogP contribution in [-0.2, 0) is 16.2 Å². The van der Waals surface area contributed by atoms with Crippen LogP contribution in [0.25, 0.3) is 5.69 Å². The van der Waals surface area contributed by atoms with Crippen molar-refractivity contribution >= 4 is 23.4 Å². The summed E-state index contributed by atoms with van der Waals surface area (Å²) >= 11 is 6.18. The van der Waals surface area contributed by atoms with Gasteiger partial charge >= 0.3 is 0 Å². The molecule has 2 aromatic carbocycles. The van der Waals surface area contributed by atoms with E-state index >= 15 is 0 Å². The topological polar surface area (TPSA) is 123 Å². The predicted octanol–water partition coefficient (Wildman–Crippen LogP) is 1.92. The zero-order valence-corrected chi connectivity index (χ0v) is 20.2. The molecule has 0 aliphatic carbocycles. The molecular formula is C24H21ClF2N4O6. The van der Waals surface area contributed by atoms with Crippen LogP contribution >= 0.6 is 11.6 Å². The van der Waals surface area contributed by atoms with Gasteiger partial charge in [-0.05, 0) is 36.8 Å². The van der Waals surface area contributed by atoms with Gasteiger partial charge in [0.15, 0.2) is 5.02 Å². The number of benzene rings is 2. The van der Waals surface area contributed by atoms with E-state index in [1.807, 2.05) is 0 Å². The highest BCUT2D eigenvalue weighted by molar-refractivity contribution is 6.31. The van der Waals surface area contributed by atoms with E-state index in [0.717, 1.165) is 22.0 Å². The van der Waals surface area contributed by atoms with Crippen molar-refractivity contribution in [3.05, 3.63) is 86.4 Å². The lowest BCUT2D eigenvalue weighted by molar-refractivity contribution is -0.163. The largest absolute Gasteiger partial charge is 0.471 e. The summed E-state index contributed by atoms with van der Waals surface area (Å²) in [4.78, 5) is 47.2. The number of aromatic nitrogens is 2. The average molecular weight is 535 g/mol. The van der Waals surface area contributed by atoms with Gasteiger partial charge in [-0.2, -0.15) is 0 Å². The third-order valence-corrected chi connectivity index (χ3v) is 5.87. The van der Waals surface area contributed by atoms with E-state index in [1.54, 1.807) is 13.0 Å². The van der Waals surface area contributed by atoms with E-state index in [1.165, 1.54) is 18.2 Å². The second-order valence-electron chi connectivity index (χ2n) is 8.05. The first-order valence-electron chi connectivity index (χ1n) is 11.0. The number of hydroxylamine groups is 2. The Hall–Kier alpha value is -3.87. The fourth-order valence-electron chi connectivity index (χ4n) is 3.57. The fraction of sp³-hybridized carbons (Fsp3) is 0.250. The fourth-order valence-corrected chi connectivity index (χ4v) is 3.76. The summed E-state index contributed by atoms with van der Waals surface area (Å²) in [6.45, 7) is 0.989. The summed E-state index contributed by atoms with van der Waals surface area (Å²) in [6, 6.07) is 6.62. The van der Waals surface area contributed by atoms with Crippen molar-refractivity contribution < 1.29 is 33.1 Å². The number of hydrogen-bond acceptors (Lipinski definition) is 7. The molecule has 1 aliphatic rings. The molecule has 2 amide bonds. The van der Waals surface area contributed by atoms with Crippen molar-refractivity contribution in [2.45, 2.75) is 19.6 Å². The average Bonchev–Trinajstić information content (AvgIpc) is 3.20. The van der Waals surface area contributed by atoms with Crippen molar-refractivity contribution in [1.82, 2.24) is 19.9 Å². The highest BCUT2D eigenvalue weighted by Gasteiger charge is 2.34. The van der Waals surface area contributed by atoms with Crippen LogP contribution in [0, 0.1) is 18.6 Å². The van der Waals surface area contributed by atoms with Crippen molar-refractivity contribution in [2.75, 3.05) is 19.8 Å². The number of ether oxygens (including phenoxy) is 1. The van der Waals surface area contributed by atoms with Gasteiger partial charge in [0.2, 0.25) is 5.88 Å². The Morgan fingerprint density at radius 2 is 2.05 bits per heavy atom. The zero-order valence-electron chi connectivity index (χ0n) is 19.4. The van der Waals surface area contributed by atoms with Gasteiger partial charge in [0.05, 0.1) is 18.8 Å². The second kappa shape index (κ2) is 11.0. The molecule has 3 aromatic rings. The molecule has 0 unspecified atom stereocenters. The molecule has 1 aliphatic heterocycles. The van der Waals surface area contributed by atoms with Crippen LogP contribution in [0.5, 0.6) is 5.88 Å². The third kappa shape index (κ3) is 5.61. The highest BCUT2D eigenvalue weighted by atomic mass is 35.5. The zero-order chi connectivity index (χ0) is 26.7. The maximum absolute atomic E-state index is 13.9. The molecule has 0 saturated carbocycles. The summed E-state index contributed by atoms with van der Waals surface area (Å²) in [7, 11) is 0. The van der Waals surface area contributed by atoms with Gasteiger partial charge < -0.3 is 15.2 Å². The Bertz CT molecular complexity index is 1420. The third-order valence-electron chi connectivity index (χ3n) is 5.54. The van der Waals surface area contributed by atoms with E-state index in [4.69, 9.17) is 26.3 Å². The summed E-state index contributed by atoms with van der Waals surface area (Å²) in [5.74, 6) is -2.87. The van der Waals surface area contributed by atoms with Crippen LogP contribution < -0.4 is 15.6 Å². The summed E-state index contributed by atoms with van der Waals surface area (Å²) < 4.78 is 33.4. The summed E-state index contributed by atoms with van der Waals surface area (Å²) in [5.41, 5.74) is 0.422. The first-order chi connectivity index (χ1) is 17.7. The maximum atomic E-state index is 13.9. The molecule has 1 saturated heterocycles. The van der Waals surface area contributed by atoms with Gasteiger partial charge in [-0.3, -0.25) is 23.8 Å². The lowest BCUT2D eigenvalue weighted by Crippen LogP contribution is -2.43. The van der Waals surface area contributed by atoms with Gasteiger partial charge in [-0.25, -0.2) is 18.8 Å². The standard InChI is InChI=1S/C24H21ClF2N4O6/c1-13-2-3-14(21(33)29-18-11-37-31(6-7-32)23(18)34)8-19(13)30-12-28-22(20(25)24(30)35)36-10-15-4-5-16(26)9-17(15)27/h2-5,8-9,12,18,32H,6-7,10-11H2,1H3,(H,29,33)/t18-/m1/s1. The van der Waals surface area contributed by atoms with Gasteiger partial charge in [0, 0.05) is 17.2 Å². The van der Waals surface area contributed by atoms with Crippen molar-refractivity contribution in [1.29, 1.82) is 0 Å². The Labute approximate surface area is 214 Å². The molecule has 1 fully saturated rings. The van der Waals surface area contributed by atoms with E-state index < -0.39 is 35.0 Å². The van der Waals surface area contributed by atoms with Crippen molar-refractivity contribution in [3.8, 4) is 11.6 Å². The number of hydrogen-bond donors (Lipinski definition) is 2. The van der Waals surface area contributed by atoms with Crippen molar-refractivity contribution in [3.63, 3.8) is 0 Å². The lowest BCUT2D eigenvalue weighted by atomic mass is 10.1. The molecule has 37 heavy (non-hydrogen) atoms. The molecule has 10 nitrogen and oxygen atoms in total. The molecule has 2 heterocycles. The van der Waals surface area contributed by atoms with Crippen LogP contribution in [0.2, 0.25) is 5.02 Å². The Morgan fingerprint density at radius 3 is 2.78 bits per heavy atom. The van der Waals surface area contributed by atoms with Crippen LogP contribution in [-0.4, -0.2) is 57.3 Å². The molecule has 0 spiro atoms. The molecule has 1 atom stereocenters. The summed E-state index contributed by atoms with van der Waals surface area (Å²) in [5, 5.41) is 12.1. The first-order valence-corrected chi connectivity index (χ1v) is 11.4.